The van der Waals surface area contributed by atoms with Crippen molar-refractivity contribution in [3.8, 4) is 0 Å². The van der Waals surface area contributed by atoms with Crippen molar-refractivity contribution < 1.29 is 0 Å². The lowest BCUT2D eigenvalue weighted by Gasteiger charge is -2.00. The van der Waals surface area contributed by atoms with Gasteiger partial charge in [-0.15, -0.1) is 0 Å². The van der Waals surface area contributed by atoms with Gasteiger partial charge < -0.3 is 0 Å². The van der Waals surface area contributed by atoms with E-state index in [1.54, 1.807) is 31.0 Å². The number of alkyl halides is 1. The van der Waals surface area contributed by atoms with Gasteiger partial charge in [0.05, 0.1) is 0 Å². The van der Waals surface area contributed by atoms with Crippen LogP contribution in [0.5, 0.6) is 0 Å². The molecule has 0 radical (unpaired) electrons. The molecular formula is C6H13BrSi. The predicted molar refractivity (Wildman–Crippen MR) is 44.6 cm³/mol. The molecule has 1 aliphatic heterocycles. The predicted octanol–water partition coefficient (Wildman–Crippen LogP) is 2.40. The Morgan fingerprint density at radius 3 is 2.38 bits per heavy atom. The van der Waals surface area contributed by atoms with Crippen LogP contribution >= 0.6 is 15.9 Å². The van der Waals surface area contributed by atoms with Gasteiger partial charge in [-0.25, -0.2) is 0 Å². The highest BCUT2D eigenvalue weighted by atomic mass is 79.9. The van der Waals surface area contributed by atoms with Crippen LogP contribution in [0.3, 0.4) is 0 Å². The highest BCUT2D eigenvalue weighted by Crippen LogP contribution is 2.22. The molecule has 0 aromatic rings. The third-order valence-electron chi connectivity index (χ3n) is 1.99. The Hall–Kier alpha value is 0.697. The molecule has 1 aliphatic rings. The molecule has 0 aromatic carbocycles. The standard InChI is InChI=1S/C6H13BrSi/c7-3-6-8-4-1-2-5-8/h8H,1-6H2. The van der Waals surface area contributed by atoms with Gasteiger partial charge in [-0.05, 0) is 0 Å². The van der Waals surface area contributed by atoms with Crippen LogP contribution in [0.1, 0.15) is 12.8 Å². The average Bonchev–Trinajstić information content (AvgIpc) is 2.19. The monoisotopic (exact) mass is 192 g/mol. The highest BCUT2D eigenvalue weighted by molar-refractivity contribution is 9.09. The first-order valence-electron chi connectivity index (χ1n) is 3.49. The normalized spacial score (nSPS) is 22.1. The van der Waals surface area contributed by atoms with E-state index in [1.165, 1.54) is 5.33 Å². The molecule has 0 spiro atoms. The Morgan fingerprint density at radius 1 is 1.25 bits per heavy atom. The lowest BCUT2D eigenvalue weighted by Crippen LogP contribution is -2.04. The molecule has 8 heavy (non-hydrogen) atoms. The summed E-state index contributed by atoms with van der Waals surface area (Å²) in [4.78, 5) is 0. The van der Waals surface area contributed by atoms with E-state index >= 15 is 0 Å². The molecular weight excluding hydrogens is 180 g/mol. The lowest BCUT2D eigenvalue weighted by atomic mass is 10.4. The van der Waals surface area contributed by atoms with Gasteiger partial charge in [0, 0.05) is 14.1 Å². The average molecular weight is 193 g/mol. The fourth-order valence-corrected chi connectivity index (χ4v) is 6.30. The zero-order valence-electron chi connectivity index (χ0n) is 5.20. The van der Waals surface area contributed by atoms with E-state index in [4.69, 9.17) is 0 Å². The van der Waals surface area contributed by atoms with E-state index < -0.39 is 0 Å². The van der Waals surface area contributed by atoms with Gasteiger partial charge >= 0.3 is 0 Å². The molecule has 0 unspecified atom stereocenters. The van der Waals surface area contributed by atoms with Gasteiger partial charge in [0.2, 0.25) is 0 Å². The Morgan fingerprint density at radius 2 is 1.88 bits per heavy atom. The SMILES string of the molecule is BrCC[SiH]1CCCC1. The summed E-state index contributed by atoms with van der Waals surface area (Å²) in [5, 5.41) is 1.27. The first-order chi connectivity index (χ1) is 3.93. The molecule has 0 aromatic heterocycles. The van der Waals surface area contributed by atoms with Crippen molar-refractivity contribution in [2.24, 2.45) is 0 Å². The lowest BCUT2D eigenvalue weighted by molar-refractivity contribution is 0.935. The number of hydrogen-bond donors (Lipinski definition) is 0. The molecule has 0 aliphatic carbocycles. The highest BCUT2D eigenvalue weighted by Gasteiger charge is 2.14. The minimum atomic E-state index is -0.128. The maximum absolute atomic E-state index is 3.49. The summed E-state index contributed by atoms with van der Waals surface area (Å²) in [6, 6.07) is 4.80. The van der Waals surface area contributed by atoms with E-state index in [-0.39, 0.29) is 8.80 Å². The van der Waals surface area contributed by atoms with Gasteiger partial charge in [-0.1, -0.05) is 46.9 Å². The van der Waals surface area contributed by atoms with Gasteiger partial charge in [-0.3, -0.25) is 0 Å². The maximum atomic E-state index is 3.49. The molecule has 1 saturated heterocycles. The van der Waals surface area contributed by atoms with Crippen LogP contribution in [0.25, 0.3) is 0 Å². The van der Waals surface area contributed by atoms with E-state index in [0.717, 1.165) is 0 Å². The topological polar surface area (TPSA) is 0 Å². The molecule has 1 heterocycles. The van der Waals surface area contributed by atoms with Crippen LogP contribution in [-0.2, 0) is 0 Å². The van der Waals surface area contributed by atoms with E-state index in [1.807, 2.05) is 0 Å². The first-order valence-corrected chi connectivity index (χ1v) is 7.06. The third-order valence-corrected chi connectivity index (χ3v) is 6.85. The zero-order chi connectivity index (χ0) is 5.82. The Labute approximate surface area is 61.4 Å². The second kappa shape index (κ2) is 3.67. The quantitative estimate of drug-likeness (QED) is 0.466. The Balaban J connectivity index is 2.06. The molecule has 2 heteroatoms. The van der Waals surface area contributed by atoms with Crippen molar-refractivity contribution in [1.82, 2.24) is 0 Å². The largest absolute Gasteiger partial charge is 0.0931 e. The maximum Gasteiger partial charge on any atom is 0.0376 e. The van der Waals surface area contributed by atoms with Crippen LogP contribution in [0.4, 0.5) is 0 Å². The van der Waals surface area contributed by atoms with Crippen molar-refractivity contribution in [2.75, 3.05) is 5.33 Å². The van der Waals surface area contributed by atoms with Crippen LogP contribution in [0, 0.1) is 0 Å². The summed E-state index contributed by atoms with van der Waals surface area (Å²) in [5.41, 5.74) is 0. The molecule has 1 fully saturated rings. The third kappa shape index (κ3) is 1.90. The number of halogens is 1. The summed E-state index contributed by atoms with van der Waals surface area (Å²) in [6.45, 7) is 0. The van der Waals surface area contributed by atoms with Crippen LogP contribution < -0.4 is 0 Å². The molecule has 48 valence electrons. The van der Waals surface area contributed by atoms with E-state index in [0.29, 0.717) is 0 Å². The van der Waals surface area contributed by atoms with Crippen molar-refractivity contribution in [3.63, 3.8) is 0 Å². The summed E-state index contributed by atoms with van der Waals surface area (Å²) in [5.74, 6) is 0. The molecule has 0 bridgehead atoms. The van der Waals surface area contributed by atoms with Gasteiger partial charge in [0.25, 0.3) is 0 Å². The van der Waals surface area contributed by atoms with Crippen molar-refractivity contribution in [1.29, 1.82) is 0 Å². The minimum absolute atomic E-state index is 0.128. The molecule has 0 atom stereocenters. The summed E-state index contributed by atoms with van der Waals surface area (Å²) in [6.07, 6.45) is 3.09. The summed E-state index contributed by atoms with van der Waals surface area (Å²) >= 11 is 3.49. The number of rotatable bonds is 2. The fraction of sp³-hybridized carbons (Fsp3) is 1.00. The van der Waals surface area contributed by atoms with Crippen LogP contribution in [0.15, 0.2) is 0 Å². The van der Waals surface area contributed by atoms with Gasteiger partial charge in [-0.2, -0.15) is 0 Å². The van der Waals surface area contributed by atoms with Gasteiger partial charge in [0.15, 0.2) is 0 Å². The van der Waals surface area contributed by atoms with Crippen molar-refractivity contribution in [2.45, 2.75) is 31.0 Å². The Bertz CT molecular complexity index is 59.5. The summed E-state index contributed by atoms with van der Waals surface area (Å²) < 4.78 is 0. The fourth-order valence-electron chi connectivity index (χ4n) is 1.45. The zero-order valence-corrected chi connectivity index (χ0v) is 7.94. The van der Waals surface area contributed by atoms with Crippen LogP contribution in [0.2, 0.25) is 18.1 Å². The molecule has 0 saturated carbocycles. The second-order valence-corrected chi connectivity index (χ2v) is 6.89. The first kappa shape index (κ1) is 6.81. The minimum Gasteiger partial charge on any atom is -0.0931 e. The Kier molecular flexibility index (Phi) is 3.13. The summed E-state index contributed by atoms with van der Waals surface area (Å²) in [7, 11) is -0.128. The molecule has 1 rings (SSSR count). The van der Waals surface area contributed by atoms with Crippen molar-refractivity contribution >= 4 is 24.7 Å². The molecule has 0 nitrogen and oxygen atoms in total. The number of hydrogen-bond acceptors (Lipinski definition) is 0. The second-order valence-electron chi connectivity index (χ2n) is 2.63. The molecule has 0 amide bonds. The molecule has 0 N–H and O–H groups in total. The van der Waals surface area contributed by atoms with E-state index in [9.17, 15) is 0 Å². The van der Waals surface area contributed by atoms with E-state index in [2.05, 4.69) is 15.9 Å². The van der Waals surface area contributed by atoms with Crippen LogP contribution in [-0.4, -0.2) is 14.1 Å². The van der Waals surface area contributed by atoms with Gasteiger partial charge in [0.1, 0.15) is 0 Å². The smallest absolute Gasteiger partial charge is 0.0376 e. The van der Waals surface area contributed by atoms with Crippen molar-refractivity contribution in [3.05, 3.63) is 0 Å².